The minimum absolute atomic E-state index is 0. The van der Waals surface area contributed by atoms with Crippen molar-refractivity contribution in [2.45, 2.75) is 6.92 Å². The number of piperazine rings is 1. The van der Waals surface area contributed by atoms with E-state index in [4.69, 9.17) is 19.6 Å². The summed E-state index contributed by atoms with van der Waals surface area (Å²) in [6.45, 7) is 3.93. The van der Waals surface area contributed by atoms with Gasteiger partial charge < -0.3 is 29.4 Å². The van der Waals surface area contributed by atoms with Gasteiger partial charge in [-0.1, -0.05) is 0 Å². The van der Waals surface area contributed by atoms with Crippen molar-refractivity contribution >= 4 is 41.0 Å². The molecular weight excluding hydrogens is 412 g/mol. The molecule has 2 aromatic heterocycles. The van der Waals surface area contributed by atoms with E-state index < -0.39 is 0 Å². The summed E-state index contributed by atoms with van der Waals surface area (Å²) in [4.78, 5) is 29.5. The van der Waals surface area contributed by atoms with Gasteiger partial charge >= 0.3 is 0 Å². The van der Waals surface area contributed by atoms with Crippen LogP contribution in [0.25, 0.3) is 10.9 Å². The molecule has 0 aliphatic carbocycles. The van der Waals surface area contributed by atoms with E-state index in [2.05, 4.69) is 15.0 Å². The van der Waals surface area contributed by atoms with Crippen LogP contribution in [0.3, 0.4) is 0 Å². The summed E-state index contributed by atoms with van der Waals surface area (Å²) in [6.07, 6.45) is 1.39. The molecule has 11 heteroatoms. The Kier molecular flexibility index (Phi) is 6.16. The van der Waals surface area contributed by atoms with Gasteiger partial charge in [-0.05, 0) is 6.07 Å². The van der Waals surface area contributed by atoms with Gasteiger partial charge in [0.15, 0.2) is 23.1 Å². The van der Waals surface area contributed by atoms with E-state index >= 15 is 0 Å². The summed E-state index contributed by atoms with van der Waals surface area (Å²) >= 11 is 0. The fourth-order valence-electron chi connectivity index (χ4n) is 3.34. The number of ether oxygens (including phenoxy) is 2. The van der Waals surface area contributed by atoms with Crippen LogP contribution >= 0.6 is 12.4 Å². The second-order valence-corrected chi connectivity index (χ2v) is 6.66. The van der Waals surface area contributed by atoms with E-state index in [1.54, 1.807) is 38.2 Å². The SMILES string of the molecule is COc1cc2nc(N3CCN(C(=O)c4coc(C)n4)CC3)nc(N)c2cc1OC.Cl. The van der Waals surface area contributed by atoms with Gasteiger partial charge in [-0.3, -0.25) is 4.79 Å². The smallest absolute Gasteiger partial charge is 0.275 e. The molecule has 0 spiro atoms. The van der Waals surface area contributed by atoms with Crippen LogP contribution in [0.2, 0.25) is 0 Å². The molecule has 1 aliphatic heterocycles. The van der Waals surface area contributed by atoms with Gasteiger partial charge in [-0.15, -0.1) is 12.4 Å². The number of halogens is 1. The Hall–Kier alpha value is -3.27. The highest BCUT2D eigenvalue weighted by Crippen LogP contribution is 2.34. The number of aromatic nitrogens is 3. The first-order valence-corrected chi connectivity index (χ1v) is 9.15. The average Bonchev–Trinajstić information content (AvgIpc) is 3.18. The number of aryl methyl sites for hydroxylation is 1. The molecule has 1 amide bonds. The van der Waals surface area contributed by atoms with Crippen molar-refractivity contribution in [2.24, 2.45) is 0 Å². The molecule has 3 aromatic rings. The maximum atomic E-state index is 12.5. The molecule has 1 aliphatic rings. The number of nitrogens with zero attached hydrogens (tertiary/aromatic N) is 5. The van der Waals surface area contributed by atoms with Gasteiger partial charge in [0.05, 0.1) is 19.7 Å². The molecule has 10 nitrogen and oxygen atoms in total. The Balaban J connectivity index is 0.00000256. The second-order valence-electron chi connectivity index (χ2n) is 6.66. The first-order valence-electron chi connectivity index (χ1n) is 9.15. The molecule has 30 heavy (non-hydrogen) atoms. The number of fused-ring (bicyclic) bond motifs is 1. The van der Waals surface area contributed by atoms with Gasteiger partial charge in [0.25, 0.3) is 5.91 Å². The Morgan fingerprint density at radius 3 is 2.33 bits per heavy atom. The molecule has 2 N–H and O–H groups in total. The van der Waals surface area contributed by atoms with Crippen LogP contribution in [-0.2, 0) is 0 Å². The Morgan fingerprint density at radius 1 is 1.07 bits per heavy atom. The van der Waals surface area contributed by atoms with Crippen LogP contribution in [0.4, 0.5) is 11.8 Å². The molecule has 0 bridgehead atoms. The normalized spacial score (nSPS) is 13.8. The molecule has 4 rings (SSSR count). The van der Waals surface area contributed by atoms with E-state index in [1.165, 1.54) is 6.26 Å². The van der Waals surface area contributed by atoms with Crippen LogP contribution < -0.4 is 20.1 Å². The zero-order valence-electron chi connectivity index (χ0n) is 16.9. The molecule has 1 saturated heterocycles. The van der Waals surface area contributed by atoms with E-state index in [1.807, 2.05) is 4.90 Å². The number of nitrogen functional groups attached to an aromatic ring is 1. The standard InChI is InChI=1S/C19H22N6O4.ClH/c1-11-21-14(10-29-11)18(26)24-4-6-25(7-5-24)19-22-13-9-16(28-3)15(27-2)8-12(13)17(20)23-19;/h8-10H,4-7H2,1-3H3,(H2,20,22,23);1H. The third-order valence-electron chi connectivity index (χ3n) is 4.91. The van der Waals surface area contributed by atoms with Gasteiger partial charge in [-0.25, -0.2) is 9.97 Å². The highest BCUT2D eigenvalue weighted by atomic mass is 35.5. The quantitative estimate of drug-likeness (QED) is 0.656. The zero-order chi connectivity index (χ0) is 20.5. The first-order chi connectivity index (χ1) is 14.0. The molecule has 160 valence electrons. The zero-order valence-corrected chi connectivity index (χ0v) is 17.7. The van der Waals surface area contributed by atoms with E-state index in [0.717, 1.165) is 0 Å². The highest BCUT2D eigenvalue weighted by molar-refractivity contribution is 5.93. The molecule has 1 fully saturated rings. The summed E-state index contributed by atoms with van der Waals surface area (Å²) in [6, 6.07) is 3.55. The van der Waals surface area contributed by atoms with Crippen molar-refractivity contribution in [3.8, 4) is 11.5 Å². The second kappa shape index (κ2) is 8.62. The molecule has 3 heterocycles. The molecular formula is C19H23ClN6O4. The third kappa shape index (κ3) is 3.90. The van der Waals surface area contributed by atoms with Crippen molar-refractivity contribution in [1.29, 1.82) is 0 Å². The Bertz CT molecular complexity index is 1060. The number of anilines is 2. The van der Waals surface area contributed by atoms with E-state index in [0.29, 0.717) is 71.9 Å². The Morgan fingerprint density at radius 2 is 1.73 bits per heavy atom. The van der Waals surface area contributed by atoms with E-state index in [9.17, 15) is 4.79 Å². The topological polar surface area (TPSA) is 120 Å². The summed E-state index contributed by atoms with van der Waals surface area (Å²) in [5, 5.41) is 0.696. The average molecular weight is 435 g/mol. The molecule has 0 radical (unpaired) electrons. The largest absolute Gasteiger partial charge is 0.493 e. The lowest BCUT2D eigenvalue weighted by molar-refractivity contribution is 0.0740. The number of oxazole rings is 1. The summed E-state index contributed by atoms with van der Waals surface area (Å²) in [5.74, 6) is 2.35. The number of nitrogens with two attached hydrogens (primary N) is 1. The van der Waals surface area contributed by atoms with Crippen LogP contribution in [0.15, 0.2) is 22.8 Å². The van der Waals surface area contributed by atoms with Gasteiger partial charge in [0.1, 0.15) is 12.1 Å². The van der Waals surface area contributed by atoms with Gasteiger partial charge in [0, 0.05) is 44.6 Å². The maximum Gasteiger partial charge on any atom is 0.275 e. The number of carbonyl (C=O) groups is 1. The predicted octanol–water partition coefficient (Wildman–Crippen LogP) is 1.91. The van der Waals surface area contributed by atoms with Crippen LogP contribution in [-0.4, -0.2) is 66.2 Å². The van der Waals surface area contributed by atoms with Gasteiger partial charge in [-0.2, -0.15) is 4.98 Å². The molecule has 0 unspecified atom stereocenters. The monoisotopic (exact) mass is 434 g/mol. The van der Waals surface area contributed by atoms with Crippen molar-refractivity contribution in [1.82, 2.24) is 19.9 Å². The number of hydrogen-bond acceptors (Lipinski definition) is 9. The third-order valence-corrected chi connectivity index (χ3v) is 4.91. The maximum absolute atomic E-state index is 12.5. The predicted molar refractivity (Wildman–Crippen MR) is 114 cm³/mol. The fraction of sp³-hybridized carbons (Fsp3) is 0.368. The number of methoxy groups -OCH3 is 2. The van der Waals surface area contributed by atoms with Crippen molar-refractivity contribution in [2.75, 3.05) is 51.0 Å². The lowest BCUT2D eigenvalue weighted by Gasteiger charge is -2.34. The van der Waals surface area contributed by atoms with Crippen LogP contribution in [0, 0.1) is 6.92 Å². The minimum atomic E-state index is -0.141. The summed E-state index contributed by atoms with van der Waals surface area (Å²) < 4.78 is 15.8. The van der Waals surface area contributed by atoms with Crippen molar-refractivity contribution in [3.05, 3.63) is 30.0 Å². The first kappa shape index (κ1) is 21.4. The molecule has 0 saturated carbocycles. The molecule has 0 atom stereocenters. The highest BCUT2D eigenvalue weighted by Gasteiger charge is 2.26. The number of carbonyl (C=O) groups excluding carboxylic acids is 1. The van der Waals surface area contributed by atoms with E-state index in [-0.39, 0.29) is 18.3 Å². The van der Waals surface area contributed by atoms with Gasteiger partial charge in [0.2, 0.25) is 5.95 Å². The Labute approximate surface area is 179 Å². The number of amides is 1. The lowest BCUT2D eigenvalue weighted by atomic mass is 10.2. The van der Waals surface area contributed by atoms with Crippen LogP contribution in [0.5, 0.6) is 11.5 Å². The lowest BCUT2D eigenvalue weighted by Crippen LogP contribution is -2.49. The van der Waals surface area contributed by atoms with Crippen LogP contribution in [0.1, 0.15) is 16.4 Å². The number of benzene rings is 1. The summed E-state index contributed by atoms with van der Waals surface area (Å²) in [7, 11) is 3.14. The minimum Gasteiger partial charge on any atom is -0.493 e. The number of rotatable bonds is 4. The summed E-state index contributed by atoms with van der Waals surface area (Å²) in [5.41, 5.74) is 7.17. The van der Waals surface area contributed by atoms with Crippen molar-refractivity contribution < 1.29 is 18.7 Å². The molecule has 1 aromatic carbocycles. The number of hydrogen-bond donors (Lipinski definition) is 1. The van der Waals surface area contributed by atoms with Crippen molar-refractivity contribution in [3.63, 3.8) is 0 Å². The fourth-order valence-corrected chi connectivity index (χ4v) is 3.34.